The summed E-state index contributed by atoms with van der Waals surface area (Å²) in [4.78, 5) is 10.6. The van der Waals surface area contributed by atoms with Crippen molar-refractivity contribution in [1.82, 2.24) is 0 Å². The van der Waals surface area contributed by atoms with Crippen LogP contribution in [0.15, 0.2) is 23.8 Å². The van der Waals surface area contributed by atoms with Gasteiger partial charge < -0.3 is 5.11 Å². The van der Waals surface area contributed by atoms with E-state index < -0.39 is 5.97 Å². The van der Waals surface area contributed by atoms with E-state index in [1.165, 1.54) is 11.1 Å². The minimum Gasteiger partial charge on any atom is -0.478 e. The fourth-order valence-corrected chi connectivity index (χ4v) is 1.17. The summed E-state index contributed by atoms with van der Waals surface area (Å²) >= 11 is 0. The standard InChI is InChI=1S/C12H14O2/c1-8-4-5-11(6-9(8)2)7-10(3)12(13)14/h4-7H,1-3H3,(H,13,14)/b10-7-. The first kappa shape index (κ1) is 10.5. The fraction of sp³-hybridized carbons (Fsp3) is 0.250. The molecule has 1 aromatic rings. The molecule has 0 amide bonds. The molecule has 2 nitrogen and oxygen atoms in total. The molecule has 0 fully saturated rings. The van der Waals surface area contributed by atoms with Gasteiger partial charge in [0, 0.05) is 5.57 Å². The van der Waals surface area contributed by atoms with Crippen molar-refractivity contribution in [3.8, 4) is 0 Å². The van der Waals surface area contributed by atoms with Crippen LogP contribution < -0.4 is 0 Å². The number of carboxylic acid groups (broad SMARTS) is 1. The predicted octanol–water partition coefficient (Wildman–Crippen LogP) is 2.79. The molecule has 0 radical (unpaired) electrons. The third kappa shape index (κ3) is 2.46. The Morgan fingerprint density at radius 3 is 2.43 bits per heavy atom. The predicted molar refractivity (Wildman–Crippen MR) is 57.2 cm³/mol. The molecule has 0 unspecified atom stereocenters. The molecule has 1 aromatic carbocycles. The summed E-state index contributed by atoms with van der Waals surface area (Å²) < 4.78 is 0. The first-order chi connectivity index (χ1) is 6.50. The minimum atomic E-state index is -0.872. The van der Waals surface area contributed by atoms with Crippen molar-refractivity contribution in [2.75, 3.05) is 0 Å². The van der Waals surface area contributed by atoms with Gasteiger partial charge in [-0.2, -0.15) is 0 Å². The van der Waals surface area contributed by atoms with Crippen molar-refractivity contribution in [3.63, 3.8) is 0 Å². The summed E-state index contributed by atoms with van der Waals surface area (Å²) in [5.41, 5.74) is 3.69. The molecule has 0 heterocycles. The van der Waals surface area contributed by atoms with Crippen LogP contribution in [0, 0.1) is 13.8 Å². The molecule has 74 valence electrons. The van der Waals surface area contributed by atoms with E-state index >= 15 is 0 Å². The fourth-order valence-electron chi connectivity index (χ4n) is 1.17. The van der Waals surface area contributed by atoms with Crippen molar-refractivity contribution < 1.29 is 9.90 Å². The molecule has 0 aromatic heterocycles. The van der Waals surface area contributed by atoms with Crippen LogP contribution in [0.3, 0.4) is 0 Å². The second-order valence-corrected chi connectivity index (χ2v) is 3.48. The smallest absolute Gasteiger partial charge is 0.331 e. The summed E-state index contributed by atoms with van der Waals surface area (Å²) in [5.74, 6) is -0.872. The van der Waals surface area contributed by atoms with Crippen LogP contribution in [0.25, 0.3) is 6.08 Å². The second-order valence-electron chi connectivity index (χ2n) is 3.48. The van der Waals surface area contributed by atoms with Crippen LogP contribution in [0.5, 0.6) is 0 Å². The number of hydrogen-bond donors (Lipinski definition) is 1. The van der Waals surface area contributed by atoms with Gasteiger partial charge in [0.05, 0.1) is 0 Å². The van der Waals surface area contributed by atoms with E-state index in [-0.39, 0.29) is 0 Å². The molecule has 0 aliphatic rings. The summed E-state index contributed by atoms with van der Waals surface area (Å²) in [6.07, 6.45) is 1.68. The Morgan fingerprint density at radius 1 is 1.29 bits per heavy atom. The zero-order chi connectivity index (χ0) is 10.7. The SMILES string of the molecule is C/C(=C/c1ccc(C)c(C)c1)C(=O)O. The highest BCUT2D eigenvalue weighted by Crippen LogP contribution is 2.12. The van der Waals surface area contributed by atoms with Crippen LogP contribution in [0.1, 0.15) is 23.6 Å². The topological polar surface area (TPSA) is 37.3 Å². The van der Waals surface area contributed by atoms with Crippen LogP contribution in [0.2, 0.25) is 0 Å². The number of carboxylic acids is 1. The number of hydrogen-bond acceptors (Lipinski definition) is 1. The van der Waals surface area contributed by atoms with Gasteiger partial charge in [0.1, 0.15) is 0 Å². The van der Waals surface area contributed by atoms with Gasteiger partial charge in [-0.1, -0.05) is 18.2 Å². The van der Waals surface area contributed by atoms with Crippen LogP contribution in [0.4, 0.5) is 0 Å². The number of rotatable bonds is 2. The van der Waals surface area contributed by atoms with Crippen LogP contribution >= 0.6 is 0 Å². The molecule has 1 N–H and O–H groups in total. The third-order valence-electron chi connectivity index (χ3n) is 2.25. The van der Waals surface area contributed by atoms with Crippen LogP contribution in [-0.4, -0.2) is 11.1 Å². The van der Waals surface area contributed by atoms with Crippen LogP contribution in [-0.2, 0) is 4.79 Å². The molecule has 2 heteroatoms. The molecule has 0 bridgehead atoms. The number of benzene rings is 1. The highest BCUT2D eigenvalue weighted by Gasteiger charge is 2.00. The Hall–Kier alpha value is -1.57. The van der Waals surface area contributed by atoms with Gasteiger partial charge in [0.25, 0.3) is 0 Å². The third-order valence-corrected chi connectivity index (χ3v) is 2.25. The summed E-state index contributed by atoms with van der Waals surface area (Å²) in [6, 6.07) is 5.91. The Morgan fingerprint density at radius 2 is 1.93 bits per heavy atom. The van der Waals surface area contributed by atoms with Gasteiger partial charge >= 0.3 is 5.97 Å². The van der Waals surface area contributed by atoms with E-state index in [4.69, 9.17) is 5.11 Å². The second kappa shape index (κ2) is 4.09. The molecule has 0 aliphatic carbocycles. The maximum absolute atomic E-state index is 10.6. The normalized spacial score (nSPS) is 11.5. The maximum Gasteiger partial charge on any atom is 0.331 e. The quantitative estimate of drug-likeness (QED) is 0.728. The summed E-state index contributed by atoms with van der Waals surface area (Å²) in [5, 5.41) is 8.70. The Bertz CT molecular complexity index is 389. The lowest BCUT2D eigenvalue weighted by molar-refractivity contribution is -0.132. The summed E-state index contributed by atoms with van der Waals surface area (Å²) in [7, 11) is 0. The van der Waals surface area contributed by atoms with Gasteiger partial charge in [-0.15, -0.1) is 0 Å². The average molecular weight is 190 g/mol. The van der Waals surface area contributed by atoms with Crippen molar-refractivity contribution in [2.24, 2.45) is 0 Å². The molecule has 0 aliphatic heterocycles. The van der Waals surface area contributed by atoms with E-state index in [9.17, 15) is 4.79 Å². The maximum atomic E-state index is 10.6. The molecular weight excluding hydrogens is 176 g/mol. The zero-order valence-electron chi connectivity index (χ0n) is 8.66. The van der Waals surface area contributed by atoms with Crippen molar-refractivity contribution in [2.45, 2.75) is 20.8 Å². The average Bonchev–Trinajstić information content (AvgIpc) is 2.11. The summed E-state index contributed by atoms with van der Waals surface area (Å²) in [6.45, 7) is 5.65. The van der Waals surface area contributed by atoms with E-state index in [0.29, 0.717) is 5.57 Å². The lowest BCUT2D eigenvalue weighted by Gasteiger charge is -2.01. The monoisotopic (exact) mass is 190 g/mol. The van der Waals surface area contributed by atoms with Gasteiger partial charge in [-0.25, -0.2) is 4.79 Å². The molecule has 0 atom stereocenters. The van der Waals surface area contributed by atoms with E-state index in [1.807, 2.05) is 32.0 Å². The molecular formula is C12H14O2. The number of carbonyl (C=O) groups is 1. The van der Waals surface area contributed by atoms with Gasteiger partial charge in [-0.05, 0) is 43.5 Å². The molecule has 1 rings (SSSR count). The van der Waals surface area contributed by atoms with Crippen molar-refractivity contribution >= 4 is 12.0 Å². The van der Waals surface area contributed by atoms with Gasteiger partial charge in [-0.3, -0.25) is 0 Å². The highest BCUT2D eigenvalue weighted by atomic mass is 16.4. The highest BCUT2D eigenvalue weighted by molar-refractivity contribution is 5.91. The zero-order valence-corrected chi connectivity index (χ0v) is 8.66. The van der Waals surface area contributed by atoms with Crippen molar-refractivity contribution in [3.05, 3.63) is 40.5 Å². The lowest BCUT2D eigenvalue weighted by Crippen LogP contribution is -1.95. The molecule has 0 saturated heterocycles. The molecule has 0 saturated carbocycles. The van der Waals surface area contributed by atoms with Gasteiger partial charge in [0.2, 0.25) is 0 Å². The molecule has 14 heavy (non-hydrogen) atoms. The largest absolute Gasteiger partial charge is 0.478 e. The Labute approximate surface area is 83.9 Å². The Kier molecular flexibility index (Phi) is 3.07. The lowest BCUT2D eigenvalue weighted by atomic mass is 10.0. The number of aryl methyl sites for hydroxylation is 2. The molecule has 0 spiro atoms. The van der Waals surface area contributed by atoms with E-state index in [0.717, 1.165) is 5.56 Å². The van der Waals surface area contributed by atoms with Crippen molar-refractivity contribution in [1.29, 1.82) is 0 Å². The first-order valence-corrected chi connectivity index (χ1v) is 4.49. The first-order valence-electron chi connectivity index (χ1n) is 4.49. The number of aliphatic carboxylic acids is 1. The van der Waals surface area contributed by atoms with E-state index in [2.05, 4.69) is 0 Å². The van der Waals surface area contributed by atoms with E-state index in [1.54, 1.807) is 13.0 Å². The Balaban J connectivity index is 3.04. The van der Waals surface area contributed by atoms with Gasteiger partial charge in [0.15, 0.2) is 0 Å². The minimum absolute atomic E-state index is 0.355.